The molecule has 100 valence electrons. The van der Waals surface area contributed by atoms with Crippen molar-refractivity contribution in [3.63, 3.8) is 0 Å². The zero-order valence-corrected chi connectivity index (χ0v) is 10.6. The lowest BCUT2D eigenvalue weighted by molar-refractivity contribution is 0.545. The number of aromatic nitrogens is 2. The highest BCUT2D eigenvalue weighted by Gasteiger charge is 2.20. The van der Waals surface area contributed by atoms with Crippen LogP contribution in [-0.4, -0.2) is 9.97 Å². The molecule has 0 amide bonds. The van der Waals surface area contributed by atoms with Crippen molar-refractivity contribution in [3.05, 3.63) is 71.9 Å². The number of para-hydroxylation sites is 1. The van der Waals surface area contributed by atoms with Crippen molar-refractivity contribution in [3.8, 4) is 0 Å². The van der Waals surface area contributed by atoms with E-state index in [0.29, 0.717) is 0 Å². The molecule has 2 heterocycles. The van der Waals surface area contributed by atoms with Crippen molar-refractivity contribution >= 4 is 10.9 Å². The van der Waals surface area contributed by atoms with Gasteiger partial charge in [-0.3, -0.25) is 15.8 Å². The Balaban J connectivity index is 2.20. The molecular formula is C15H13FN4. The van der Waals surface area contributed by atoms with Crippen molar-refractivity contribution in [2.24, 2.45) is 5.84 Å². The number of pyridine rings is 2. The molecule has 0 aliphatic rings. The van der Waals surface area contributed by atoms with Gasteiger partial charge in [-0.2, -0.15) is 0 Å². The molecule has 0 radical (unpaired) electrons. The summed E-state index contributed by atoms with van der Waals surface area (Å²) in [6.07, 6.45) is 3.25. The van der Waals surface area contributed by atoms with E-state index in [1.807, 2.05) is 30.3 Å². The highest BCUT2D eigenvalue weighted by molar-refractivity contribution is 5.82. The number of nitrogens with two attached hydrogens (primary N) is 1. The molecule has 1 unspecified atom stereocenters. The van der Waals surface area contributed by atoms with E-state index in [9.17, 15) is 4.39 Å². The van der Waals surface area contributed by atoms with E-state index in [-0.39, 0.29) is 5.69 Å². The lowest BCUT2D eigenvalue weighted by Gasteiger charge is -2.17. The van der Waals surface area contributed by atoms with Crippen molar-refractivity contribution in [1.82, 2.24) is 15.4 Å². The number of halogens is 1. The Labute approximate surface area is 115 Å². The third-order valence-electron chi connectivity index (χ3n) is 3.20. The van der Waals surface area contributed by atoms with Gasteiger partial charge in [0.15, 0.2) is 0 Å². The summed E-state index contributed by atoms with van der Waals surface area (Å²) in [4.78, 5) is 8.45. The average Bonchev–Trinajstić information content (AvgIpc) is 2.50. The maximum atomic E-state index is 13.9. The van der Waals surface area contributed by atoms with Crippen molar-refractivity contribution < 1.29 is 4.39 Å². The van der Waals surface area contributed by atoms with Gasteiger partial charge in [0.2, 0.25) is 0 Å². The second-order valence-corrected chi connectivity index (χ2v) is 4.39. The third-order valence-corrected chi connectivity index (χ3v) is 3.20. The Kier molecular flexibility index (Phi) is 3.37. The predicted molar refractivity (Wildman–Crippen MR) is 75.1 cm³/mol. The van der Waals surface area contributed by atoms with Crippen LogP contribution in [0.25, 0.3) is 10.9 Å². The van der Waals surface area contributed by atoms with Crippen LogP contribution in [0.3, 0.4) is 0 Å². The van der Waals surface area contributed by atoms with Gasteiger partial charge in [-0.25, -0.2) is 9.82 Å². The first kappa shape index (κ1) is 12.7. The van der Waals surface area contributed by atoms with Gasteiger partial charge in [-0.15, -0.1) is 0 Å². The molecule has 20 heavy (non-hydrogen) atoms. The van der Waals surface area contributed by atoms with E-state index < -0.39 is 11.9 Å². The van der Waals surface area contributed by atoms with Crippen LogP contribution in [0.15, 0.2) is 54.9 Å². The van der Waals surface area contributed by atoms with Gasteiger partial charge in [0.1, 0.15) is 5.82 Å². The zero-order chi connectivity index (χ0) is 13.9. The van der Waals surface area contributed by atoms with Crippen LogP contribution in [0.5, 0.6) is 0 Å². The predicted octanol–water partition coefficient (Wildman–Crippen LogP) is 2.32. The Morgan fingerprint density at radius 1 is 1.00 bits per heavy atom. The Bertz CT molecular complexity index is 739. The number of fused-ring (bicyclic) bond motifs is 1. The van der Waals surface area contributed by atoms with E-state index in [2.05, 4.69) is 15.4 Å². The summed E-state index contributed by atoms with van der Waals surface area (Å²) in [6.45, 7) is 0. The van der Waals surface area contributed by atoms with E-state index in [0.717, 1.165) is 16.5 Å². The van der Waals surface area contributed by atoms with Gasteiger partial charge < -0.3 is 0 Å². The number of benzene rings is 1. The third kappa shape index (κ3) is 2.13. The highest BCUT2D eigenvalue weighted by Crippen LogP contribution is 2.27. The van der Waals surface area contributed by atoms with Crippen LogP contribution in [0, 0.1) is 5.82 Å². The smallest absolute Gasteiger partial charge is 0.146 e. The molecule has 0 fully saturated rings. The zero-order valence-electron chi connectivity index (χ0n) is 10.6. The number of nitrogens with zero attached hydrogens (tertiary/aromatic N) is 2. The van der Waals surface area contributed by atoms with Gasteiger partial charge in [-0.1, -0.05) is 24.3 Å². The van der Waals surface area contributed by atoms with Gasteiger partial charge in [0, 0.05) is 23.3 Å². The Morgan fingerprint density at radius 2 is 1.75 bits per heavy atom. The van der Waals surface area contributed by atoms with E-state index >= 15 is 0 Å². The second-order valence-electron chi connectivity index (χ2n) is 4.39. The van der Waals surface area contributed by atoms with Gasteiger partial charge >= 0.3 is 0 Å². The maximum absolute atomic E-state index is 13.9. The first-order chi connectivity index (χ1) is 9.81. The van der Waals surface area contributed by atoms with E-state index in [4.69, 9.17) is 5.84 Å². The summed E-state index contributed by atoms with van der Waals surface area (Å²) < 4.78 is 13.9. The molecule has 0 saturated carbocycles. The molecule has 0 aliphatic carbocycles. The molecule has 3 rings (SSSR count). The fraction of sp³-hybridized carbons (Fsp3) is 0.0667. The number of hydrogen-bond donors (Lipinski definition) is 2. The number of nitrogens with one attached hydrogen (secondary N) is 1. The molecule has 1 aromatic carbocycles. The van der Waals surface area contributed by atoms with Crippen LogP contribution in [0.1, 0.15) is 17.3 Å². The normalized spacial score (nSPS) is 12.5. The summed E-state index contributed by atoms with van der Waals surface area (Å²) in [5, 5.41) is 0.974. The van der Waals surface area contributed by atoms with Gasteiger partial charge in [0.25, 0.3) is 0 Å². The van der Waals surface area contributed by atoms with Gasteiger partial charge in [-0.05, 0) is 18.2 Å². The Hall–Kier alpha value is -2.37. The number of rotatable bonds is 3. The first-order valence-electron chi connectivity index (χ1n) is 6.21. The summed E-state index contributed by atoms with van der Waals surface area (Å²) in [5.41, 5.74) is 4.46. The molecule has 3 aromatic rings. The molecule has 0 aliphatic heterocycles. The monoisotopic (exact) mass is 268 g/mol. The fourth-order valence-electron chi connectivity index (χ4n) is 2.29. The minimum Gasteiger partial charge on any atom is -0.271 e. The van der Waals surface area contributed by atoms with Crippen LogP contribution in [-0.2, 0) is 0 Å². The van der Waals surface area contributed by atoms with Crippen molar-refractivity contribution in [2.45, 2.75) is 6.04 Å². The molecule has 0 spiro atoms. The summed E-state index contributed by atoms with van der Waals surface area (Å²) >= 11 is 0. The lowest BCUT2D eigenvalue weighted by Crippen LogP contribution is -2.30. The Morgan fingerprint density at radius 3 is 2.55 bits per heavy atom. The number of hydrazine groups is 1. The molecule has 0 saturated heterocycles. The van der Waals surface area contributed by atoms with Crippen LogP contribution >= 0.6 is 0 Å². The molecular weight excluding hydrogens is 255 g/mol. The average molecular weight is 268 g/mol. The fourth-order valence-corrected chi connectivity index (χ4v) is 2.29. The number of hydrogen-bond acceptors (Lipinski definition) is 4. The topological polar surface area (TPSA) is 63.8 Å². The quantitative estimate of drug-likeness (QED) is 0.565. The lowest BCUT2D eigenvalue weighted by atomic mass is 10.00. The summed E-state index contributed by atoms with van der Waals surface area (Å²) in [5.74, 6) is 5.21. The highest BCUT2D eigenvalue weighted by atomic mass is 19.1. The minimum atomic E-state index is -0.546. The molecule has 0 bridgehead atoms. The summed E-state index contributed by atoms with van der Waals surface area (Å²) in [7, 11) is 0. The minimum absolute atomic E-state index is 0.258. The SMILES string of the molecule is NNC(c1ncccc1F)c1cccc2cccnc12. The van der Waals surface area contributed by atoms with Crippen molar-refractivity contribution in [1.29, 1.82) is 0 Å². The van der Waals surface area contributed by atoms with Crippen LogP contribution < -0.4 is 11.3 Å². The van der Waals surface area contributed by atoms with Gasteiger partial charge in [0.05, 0.1) is 17.3 Å². The second kappa shape index (κ2) is 5.32. The van der Waals surface area contributed by atoms with Crippen LogP contribution in [0.4, 0.5) is 4.39 Å². The van der Waals surface area contributed by atoms with Crippen molar-refractivity contribution in [2.75, 3.05) is 0 Å². The van der Waals surface area contributed by atoms with E-state index in [1.165, 1.54) is 6.07 Å². The van der Waals surface area contributed by atoms with E-state index in [1.54, 1.807) is 18.5 Å². The summed E-state index contributed by atoms with van der Waals surface area (Å²) in [6, 6.07) is 11.9. The first-order valence-corrected chi connectivity index (χ1v) is 6.21. The largest absolute Gasteiger partial charge is 0.271 e. The molecule has 4 nitrogen and oxygen atoms in total. The standard InChI is InChI=1S/C15H13FN4/c16-12-7-3-9-19-15(12)14(20-17)11-6-1-4-10-5-2-8-18-13(10)11/h1-9,14,20H,17H2. The molecule has 1 atom stereocenters. The molecule has 2 aromatic heterocycles. The molecule has 3 N–H and O–H groups in total. The maximum Gasteiger partial charge on any atom is 0.146 e. The van der Waals surface area contributed by atoms with Crippen LogP contribution in [0.2, 0.25) is 0 Å². The molecule has 5 heteroatoms.